The molecule has 0 bridgehead atoms. The van der Waals surface area contributed by atoms with Crippen molar-refractivity contribution in [3.8, 4) is 0 Å². The lowest BCUT2D eigenvalue weighted by Crippen LogP contribution is -2.24. The maximum atomic E-state index is 13.0. The number of carbonyl (C=O) groups is 2. The van der Waals surface area contributed by atoms with Crippen LogP contribution >= 0.6 is 0 Å². The van der Waals surface area contributed by atoms with E-state index in [1.54, 1.807) is 30.3 Å². The van der Waals surface area contributed by atoms with Crippen molar-refractivity contribution in [3.63, 3.8) is 0 Å². The summed E-state index contributed by atoms with van der Waals surface area (Å²) >= 11 is 0. The zero-order valence-electron chi connectivity index (χ0n) is 10.9. The number of hydrogen-bond donors (Lipinski definition) is 0. The summed E-state index contributed by atoms with van der Waals surface area (Å²) in [5.41, 5.74) is 0.546. The number of hydrogen-bond acceptors (Lipinski definition) is 3. The highest BCUT2D eigenvalue weighted by molar-refractivity contribution is 6.01. The first kappa shape index (κ1) is 13.9. The Balaban J connectivity index is 2.06. The summed E-state index contributed by atoms with van der Waals surface area (Å²) in [6.45, 7) is 1.49. The molecule has 0 aliphatic rings. The number of esters is 1. The number of benzene rings is 2. The van der Waals surface area contributed by atoms with Crippen molar-refractivity contribution < 1.29 is 18.7 Å². The summed E-state index contributed by atoms with van der Waals surface area (Å²) in [7, 11) is 0. The van der Waals surface area contributed by atoms with Gasteiger partial charge in [-0.15, -0.1) is 0 Å². The Hall–Kier alpha value is -2.49. The summed E-state index contributed by atoms with van der Waals surface area (Å²) in [6.07, 6.45) is -0.923. The molecule has 2 aromatic rings. The lowest BCUT2D eigenvalue weighted by atomic mass is 10.1. The van der Waals surface area contributed by atoms with E-state index >= 15 is 0 Å². The molecule has 0 saturated heterocycles. The summed E-state index contributed by atoms with van der Waals surface area (Å²) in [6, 6.07) is 13.7. The zero-order chi connectivity index (χ0) is 14.5. The lowest BCUT2D eigenvalue weighted by Gasteiger charge is -2.12. The van der Waals surface area contributed by atoms with Crippen LogP contribution < -0.4 is 0 Å². The van der Waals surface area contributed by atoms with E-state index in [0.29, 0.717) is 5.56 Å². The Morgan fingerprint density at radius 3 is 2.30 bits per heavy atom. The van der Waals surface area contributed by atoms with Gasteiger partial charge in [0.25, 0.3) is 0 Å². The van der Waals surface area contributed by atoms with E-state index < -0.39 is 17.9 Å². The highest BCUT2D eigenvalue weighted by atomic mass is 19.1. The summed E-state index contributed by atoms with van der Waals surface area (Å²) in [4.78, 5) is 23.8. The molecule has 0 N–H and O–H groups in total. The summed E-state index contributed by atoms with van der Waals surface area (Å²) in [5, 5.41) is 0. The number of ketones is 1. The predicted molar refractivity (Wildman–Crippen MR) is 72.1 cm³/mol. The fourth-order valence-electron chi connectivity index (χ4n) is 1.73. The first-order chi connectivity index (χ1) is 9.58. The quantitative estimate of drug-likeness (QED) is 0.634. The van der Waals surface area contributed by atoms with Crippen LogP contribution in [0.2, 0.25) is 0 Å². The van der Waals surface area contributed by atoms with E-state index in [4.69, 9.17) is 4.74 Å². The summed E-state index contributed by atoms with van der Waals surface area (Å²) < 4.78 is 18.1. The molecule has 0 aromatic heterocycles. The Bertz CT molecular complexity index is 623. The molecule has 0 radical (unpaired) electrons. The van der Waals surface area contributed by atoms with Gasteiger partial charge in [0.2, 0.25) is 5.78 Å². The monoisotopic (exact) mass is 272 g/mol. The van der Waals surface area contributed by atoms with Gasteiger partial charge in [-0.05, 0) is 25.1 Å². The molecule has 102 valence electrons. The van der Waals surface area contributed by atoms with Crippen molar-refractivity contribution in [3.05, 3.63) is 71.5 Å². The number of carbonyl (C=O) groups excluding carboxylic acids is 2. The van der Waals surface area contributed by atoms with Gasteiger partial charge >= 0.3 is 5.97 Å². The summed E-state index contributed by atoms with van der Waals surface area (Å²) in [5.74, 6) is -1.54. The predicted octanol–water partition coefficient (Wildman–Crippen LogP) is 3.25. The molecular weight excluding hydrogens is 259 g/mol. The average molecular weight is 272 g/mol. The maximum absolute atomic E-state index is 13.0. The minimum atomic E-state index is -0.923. The van der Waals surface area contributed by atoms with Gasteiger partial charge in [0.05, 0.1) is 5.56 Å². The normalized spacial score (nSPS) is 11.7. The standard InChI is InChI=1S/C16H13FO3/c1-11(15(18)12-6-3-2-4-7-12)20-16(19)13-8-5-9-14(17)10-13/h2-11H,1H3/t11-/m1/s1. The third-order valence-electron chi connectivity index (χ3n) is 2.77. The molecule has 0 amide bonds. The van der Waals surface area contributed by atoms with Crippen LogP contribution in [0.1, 0.15) is 27.6 Å². The van der Waals surface area contributed by atoms with Crippen LogP contribution in [0.4, 0.5) is 4.39 Å². The highest BCUT2D eigenvalue weighted by Crippen LogP contribution is 2.10. The van der Waals surface area contributed by atoms with E-state index in [2.05, 4.69) is 0 Å². The molecule has 2 aromatic carbocycles. The SMILES string of the molecule is C[C@@H](OC(=O)c1cccc(F)c1)C(=O)c1ccccc1. The van der Waals surface area contributed by atoms with Crippen molar-refractivity contribution in [2.45, 2.75) is 13.0 Å². The number of rotatable bonds is 4. The molecule has 0 saturated carbocycles. The minimum absolute atomic E-state index is 0.0812. The molecular formula is C16H13FO3. The minimum Gasteiger partial charge on any atom is -0.451 e. The van der Waals surface area contributed by atoms with Crippen LogP contribution in [0.25, 0.3) is 0 Å². The second-order valence-electron chi connectivity index (χ2n) is 4.29. The van der Waals surface area contributed by atoms with Crippen LogP contribution in [-0.4, -0.2) is 17.9 Å². The van der Waals surface area contributed by atoms with Gasteiger partial charge in [-0.3, -0.25) is 4.79 Å². The number of ether oxygens (including phenoxy) is 1. The number of halogens is 1. The zero-order valence-corrected chi connectivity index (χ0v) is 10.9. The Labute approximate surface area is 116 Å². The Morgan fingerprint density at radius 2 is 1.65 bits per heavy atom. The van der Waals surface area contributed by atoms with Crippen LogP contribution in [0.15, 0.2) is 54.6 Å². The molecule has 1 atom stereocenters. The molecule has 0 fully saturated rings. The van der Waals surface area contributed by atoms with Gasteiger partial charge in [-0.25, -0.2) is 9.18 Å². The first-order valence-electron chi connectivity index (χ1n) is 6.14. The molecule has 0 heterocycles. The molecule has 0 aliphatic heterocycles. The molecule has 2 rings (SSSR count). The van der Waals surface area contributed by atoms with E-state index in [1.165, 1.54) is 25.1 Å². The van der Waals surface area contributed by atoms with Crippen LogP contribution in [-0.2, 0) is 4.74 Å². The van der Waals surface area contributed by atoms with Crippen molar-refractivity contribution >= 4 is 11.8 Å². The largest absolute Gasteiger partial charge is 0.451 e. The van der Waals surface area contributed by atoms with Crippen LogP contribution in [0.5, 0.6) is 0 Å². The van der Waals surface area contributed by atoms with Gasteiger partial charge in [-0.1, -0.05) is 36.4 Å². The lowest BCUT2D eigenvalue weighted by molar-refractivity contribution is 0.0318. The average Bonchev–Trinajstić information content (AvgIpc) is 2.47. The molecule has 3 nitrogen and oxygen atoms in total. The molecule has 4 heteroatoms. The van der Waals surface area contributed by atoms with E-state index in [0.717, 1.165) is 6.07 Å². The van der Waals surface area contributed by atoms with Crippen molar-refractivity contribution in [2.75, 3.05) is 0 Å². The van der Waals surface area contributed by atoms with Gasteiger partial charge < -0.3 is 4.74 Å². The first-order valence-corrected chi connectivity index (χ1v) is 6.14. The van der Waals surface area contributed by atoms with Gasteiger partial charge in [-0.2, -0.15) is 0 Å². The maximum Gasteiger partial charge on any atom is 0.338 e. The van der Waals surface area contributed by atoms with Gasteiger partial charge in [0.15, 0.2) is 6.10 Å². The molecule has 0 unspecified atom stereocenters. The van der Waals surface area contributed by atoms with E-state index in [9.17, 15) is 14.0 Å². The van der Waals surface area contributed by atoms with Crippen molar-refractivity contribution in [1.29, 1.82) is 0 Å². The third kappa shape index (κ3) is 3.29. The van der Waals surface area contributed by atoms with Gasteiger partial charge in [0, 0.05) is 5.56 Å². The van der Waals surface area contributed by atoms with E-state index in [1.807, 2.05) is 0 Å². The fourth-order valence-corrected chi connectivity index (χ4v) is 1.73. The smallest absolute Gasteiger partial charge is 0.338 e. The number of Topliss-reactive ketones (excluding diaryl/α,β-unsaturated/α-hetero) is 1. The second-order valence-corrected chi connectivity index (χ2v) is 4.29. The van der Waals surface area contributed by atoms with Crippen LogP contribution in [0.3, 0.4) is 0 Å². The fraction of sp³-hybridized carbons (Fsp3) is 0.125. The van der Waals surface area contributed by atoms with E-state index in [-0.39, 0.29) is 11.3 Å². The molecule has 20 heavy (non-hydrogen) atoms. The van der Waals surface area contributed by atoms with Crippen LogP contribution in [0, 0.1) is 5.82 Å². The molecule has 0 spiro atoms. The molecule has 0 aliphatic carbocycles. The Morgan fingerprint density at radius 1 is 1.00 bits per heavy atom. The van der Waals surface area contributed by atoms with Gasteiger partial charge in [0.1, 0.15) is 5.82 Å². The van der Waals surface area contributed by atoms with Crippen molar-refractivity contribution in [2.24, 2.45) is 0 Å². The Kier molecular flexibility index (Phi) is 4.25. The third-order valence-corrected chi connectivity index (χ3v) is 2.77. The second kappa shape index (κ2) is 6.10. The highest BCUT2D eigenvalue weighted by Gasteiger charge is 2.20. The topological polar surface area (TPSA) is 43.4 Å². The van der Waals surface area contributed by atoms with Crippen molar-refractivity contribution in [1.82, 2.24) is 0 Å².